The monoisotopic (exact) mass is 556 g/mol. The molecule has 0 radical (unpaired) electrons. The Kier molecular flexibility index (Phi) is 8.06. The van der Waals surface area contributed by atoms with Crippen LogP contribution in [0.2, 0.25) is 10.0 Å². The Morgan fingerprint density at radius 1 is 1.31 bits per heavy atom. The van der Waals surface area contributed by atoms with E-state index in [9.17, 15) is 18.3 Å². The number of hydrogen-bond donors (Lipinski definition) is 3. The number of nitrogens with zero attached hydrogens (tertiary/aromatic N) is 2. The van der Waals surface area contributed by atoms with E-state index < -0.39 is 16.4 Å². The van der Waals surface area contributed by atoms with Crippen LogP contribution >= 0.6 is 34.5 Å². The Morgan fingerprint density at radius 3 is 2.86 bits per heavy atom. The second-order valence-electron chi connectivity index (χ2n) is 8.19. The molecule has 1 aliphatic carbocycles. The van der Waals surface area contributed by atoms with Gasteiger partial charge in [0.2, 0.25) is 5.78 Å². The first-order valence-corrected chi connectivity index (χ1v) is 13.7. The molecule has 1 aromatic carbocycles. The van der Waals surface area contributed by atoms with Crippen molar-refractivity contribution < 1.29 is 22.5 Å². The smallest absolute Gasteiger partial charge is 0.333 e. The quantitative estimate of drug-likeness (QED) is 0.336. The van der Waals surface area contributed by atoms with Crippen molar-refractivity contribution in [2.45, 2.75) is 31.4 Å². The van der Waals surface area contributed by atoms with Crippen molar-refractivity contribution in [1.82, 2.24) is 9.97 Å². The van der Waals surface area contributed by atoms with Gasteiger partial charge in [-0.25, -0.2) is 15.1 Å². The first-order chi connectivity index (χ1) is 16.6. The number of carbonyl (C=O) groups is 1. The summed E-state index contributed by atoms with van der Waals surface area (Å²) in [5.41, 5.74) is 0.825. The van der Waals surface area contributed by atoms with Crippen molar-refractivity contribution in [3.8, 4) is 0 Å². The van der Waals surface area contributed by atoms with Gasteiger partial charge in [0, 0.05) is 17.3 Å². The molecule has 1 fully saturated rings. The normalized spacial score (nSPS) is 19.0. The number of aliphatic hydroxyl groups is 1. The molecule has 186 valence electrons. The van der Waals surface area contributed by atoms with Crippen LogP contribution in [0.3, 0.4) is 0 Å². The number of nitrogens with two attached hydrogens (primary N) is 1. The van der Waals surface area contributed by atoms with Gasteiger partial charge in [0.1, 0.15) is 18.2 Å². The van der Waals surface area contributed by atoms with E-state index in [1.807, 2.05) is 0 Å². The van der Waals surface area contributed by atoms with Gasteiger partial charge in [-0.2, -0.15) is 8.42 Å². The predicted octanol–water partition coefficient (Wildman–Crippen LogP) is 3.96. The molecule has 2 heterocycles. The third-order valence-corrected chi connectivity index (χ3v) is 7.97. The average molecular weight is 557 g/mol. The highest BCUT2D eigenvalue weighted by atomic mass is 35.5. The second kappa shape index (κ2) is 10.9. The van der Waals surface area contributed by atoms with Gasteiger partial charge < -0.3 is 10.4 Å². The minimum atomic E-state index is -3.98. The van der Waals surface area contributed by atoms with Crippen molar-refractivity contribution in [2.24, 2.45) is 11.1 Å². The van der Waals surface area contributed by atoms with Crippen LogP contribution in [0, 0.1) is 5.92 Å². The third kappa shape index (κ3) is 6.56. The fraction of sp³-hybridized carbons (Fsp3) is 0.318. The van der Waals surface area contributed by atoms with E-state index in [1.165, 1.54) is 18.6 Å². The summed E-state index contributed by atoms with van der Waals surface area (Å²) in [6, 6.07) is 8.28. The molecule has 1 saturated carbocycles. The minimum absolute atomic E-state index is 0.0119. The molecule has 0 amide bonds. The Hall–Kier alpha value is -2.12. The van der Waals surface area contributed by atoms with E-state index in [-0.39, 0.29) is 34.9 Å². The maximum Gasteiger partial charge on any atom is 0.333 e. The lowest BCUT2D eigenvalue weighted by atomic mass is 10.1. The lowest BCUT2D eigenvalue weighted by Crippen LogP contribution is -2.22. The minimum Gasteiger partial charge on any atom is -0.383 e. The summed E-state index contributed by atoms with van der Waals surface area (Å²) in [7, 11) is -3.98. The summed E-state index contributed by atoms with van der Waals surface area (Å²) in [5.74, 6) is 0.0413. The van der Waals surface area contributed by atoms with Gasteiger partial charge in [0.15, 0.2) is 0 Å². The van der Waals surface area contributed by atoms with E-state index >= 15 is 0 Å². The van der Waals surface area contributed by atoms with E-state index in [0.717, 1.165) is 24.2 Å². The molecule has 1 aliphatic rings. The topological polar surface area (TPSA) is 144 Å². The molecule has 13 heteroatoms. The maximum absolute atomic E-state index is 13.3. The number of rotatable bonds is 9. The van der Waals surface area contributed by atoms with Crippen LogP contribution in [0.5, 0.6) is 0 Å². The molecule has 3 unspecified atom stereocenters. The summed E-state index contributed by atoms with van der Waals surface area (Å²) in [4.78, 5) is 22.3. The lowest BCUT2D eigenvalue weighted by Gasteiger charge is -2.15. The Bertz CT molecular complexity index is 1330. The van der Waals surface area contributed by atoms with E-state index in [0.29, 0.717) is 32.6 Å². The summed E-state index contributed by atoms with van der Waals surface area (Å²) in [6.07, 6.45) is 3.85. The zero-order chi connectivity index (χ0) is 25.2. The number of thiophene rings is 1. The second-order valence-corrected chi connectivity index (χ2v) is 11.3. The van der Waals surface area contributed by atoms with Crippen LogP contribution in [0.15, 0.2) is 42.9 Å². The molecular weight excluding hydrogens is 535 g/mol. The first kappa shape index (κ1) is 26.0. The number of nitrogens with one attached hydrogen (secondary N) is 1. The molecule has 3 atom stereocenters. The molecule has 2 aromatic heterocycles. The van der Waals surface area contributed by atoms with Crippen LogP contribution in [0.4, 0.5) is 5.82 Å². The van der Waals surface area contributed by atoms with Crippen LogP contribution in [0.25, 0.3) is 0 Å². The predicted molar refractivity (Wildman–Crippen MR) is 134 cm³/mol. The van der Waals surface area contributed by atoms with Crippen LogP contribution < -0.4 is 10.5 Å². The molecule has 0 aliphatic heterocycles. The zero-order valence-electron chi connectivity index (χ0n) is 18.2. The van der Waals surface area contributed by atoms with Crippen molar-refractivity contribution in [1.29, 1.82) is 0 Å². The maximum atomic E-state index is 13.3. The zero-order valence-corrected chi connectivity index (χ0v) is 21.4. The average Bonchev–Trinajstić information content (AvgIpc) is 3.43. The van der Waals surface area contributed by atoms with Crippen molar-refractivity contribution in [3.63, 3.8) is 0 Å². The van der Waals surface area contributed by atoms with Gasteiger partial charge in [0.25, 0.3) is 0 Å². The molecule has 3 aromatic rings. The number of hydrogen-bond acceptors (Lipinski definition) is 9. The lowest BCUT2D eigenvalue weighted by molar-refractivity contribution is 0.104. The number of ketones is 1. The number of halogens is 2. The van der Waals surface area contributed by atoms with Gasteiger partial charge in [-0.3, -0.25) is 8.98 Å². The van der Waals surface area contributed by atoms with E-state index in [2.05, 4.69) is 15.3 Å². The largest absolute Gasteiger partial charge is 0.383 e. The summed E-state index contributed by atoms with van der Waals surface area (Å²) in [6.45, 7) is 0.0119. The molecular formula is C22H22Cl2N4O5S2. The molecule has 0 bridgehead atoms. The Labute approximate surface area is 216 Å². The molecule has 4 rings (SSSR count). The Morgan fingerprint density at radius 2 is 2.11 bits per heavy atom. The number of benzene rings is 1. The summed E-state index contributed by atoms with van der Waals surface area (Å²) >= 11 is 13.5. The highest BCUT2D eigenvalue weighted by molar-refractivity contribution is 7.84. The number of carbonyl (C=O) groups excluding carboxylic acids is 1. The van der Waals surface area contributed by atoms with Crippen molar-refractivity contribution >= 4 is 56.4 Å². The molecule has 0 saturated heterocycles. The standard InChI is InChI=1S/C22H22Cl2N4O5S2/c23-14-3-1-2-13(7-14)19(29)21-17(24)8-18(34-21)20(30)16-9-26-11-27-22(16)28-15-5-4-12(6-15)10-33-35(25,31)32/h1-3,7-9,11-12,15,19,29H,4-6,10H2,(H2,25,31,32)(H,26,27,28). The number of aromatic nitrogens is 2. The van der Waals surface area contributed by atoms with Crippen LogP contribution in [0.1, 0.15) is 51.0 Å². The highest BCUT2D eigenvalue weighted by Crippen LogP contribution is 2.37. The van der Waals surface area contributed by atoms with Crippen LogP contribution in [-0.4, -0.2) is 41.9 Å². The van der Waals surface area contributed by atoms with Gasteiger partial charge in [0.05, 0.1) is 26.9 Å². The Balaban J connectivity index is 1.49. The fourth-order valence-electron chi connectivity index (χ4n) is 3.99. The van der Waals surface area contributed by atoms with E-state index in [1.54, 1.807) is 24.3 Å². The number of aliphatic hydroxyl groups excluding tert-OH is 1. The summed E-state index contributed by atoms with van der Waals surface area (Å²) < 4.78 is 26.8. The summed E-state index contributed by atoms with van der Waals surface area (Å²) in [5, 5.41) is 19.7. The first-order valence-electron chi connectivity index (χ1n) is 10.6. The highest BCUT2D eigenvalue weighted by Gasteiger charge is 2.28. The van der Waals surface area contributed by atoms with Crippen molar-refractivity contribution in [2.75, 3.05) is 11.9 Å². The fourth-order valence-corrected chi connectivity index (χ4v) is 5.99. The van der Waals surface area contributed by atoms with Gasteiger partial charge in [-0.1, -0.05) is 35.3 Å². The molecule has 9 nitrogen and oxygen atoms in total. The van der Waals surface area contributed by atoms with Crippen molar-refractivity contribution in [3.05, 3.63) is 73.8 Å². The molecule has 35 heavy (non-hydrogen) atoms. The van der Waals surface area contributed by atoms with Gasteiger partial charge in [-0.15, -0.1) is 11.3 Å². The number of anilines is 1. The molecule has 4 N–H and O–H groups in total. The van der Waals surface area contributed by atoms with Gasteiger partial charge in [-0.05, 0) is 48.9 Å². The van der Waals surface area contributed by atoms with Gasteiger partial charge >= 0.3 is 10.3 Å². The SMILES string of the molecule is NS(=O)(=O)OCC1CCC(Nc2ncncc2C(=O)c2cc(Cl)c(C(O)c3cccc(Cl)c3)s2)C1. The molecule has 0 spiro atoms. The van der Waals surface area contributed by atoms with E-state index in [4.69, 9.17) is 32.5 Å². The van der Waals surface area contributed by atoms with Crippen LogP contribution in [-0.2, 0) is 14.5 Å². The third-order valence-electron chi connectivity index (χ3n) is 5.66.